The number of sulfonamides is 1. The van der Waals surface area contributed by atoms with Crippen LogP contribution >= 0.6 is 0 Å². The third-order valence-electron chi connectivity index (χ3n) is 4.34. The number of aryl methyl sites for hydroxylation is 1. The average molecular weight is 296 g/mol. The van der Waals surface area contributed by atoms with Crippen LogP contribution in [0.2, 0.25) is 0 Å². The van der Waals surface area contributed by atoms with E-state index in [1.54, 1.807) is 12.1 Å². The van der Waals surface area contributed by atoms with Crippen LogP contribution in [0.5, 0.6) is 0 Å². The fourth-order valence-corrected chi connectivity index (χ4v) is 3.86. The summed E-state index contributed by atoms with van der Waals surface area (Å²) in [4.78, 5) is 0.318. The first-order chi connectivity index (χ1) is 9.40. The van der Waals surface area contributed by atoms with E-state index in [1.807, 2.05) is 13.0 Å². The summed E-state index contributed by atoms with van der Waals surface area (Å²) < 4.78 is 27.4. The lowest BCUT2D eigenvalue weighted by molar-refractivity contribution is 0.166. The number of benzene rings is 1. The number of hydrogen-bond acceptors (Lipinski definition) is 3. The monoisotopic (exact) mass is 296 g/mol. The van der Waals surface area contributed by atoms with Crippen molar-refractivity contribution in [2.24, 2.45) is 11.1 Å². The Bertz CT molecular complexity index is 578. The molecule has 1 aromatic rings. The first-order valence-corrected chi connectivity index (χ1v) is 8.70. The second-order valence-corrected chi connectivity index (χ2v) is 7.74. The number of rotatable bonds is 6. The predicted octanol–water partition coefficient (Wildman–Crippen LogP) is 2.18. The highest BCUT2D eigenvalue weighted by atomic mass is 32.2. The zero-order valence-corrected chi connectivity index (χ0v) is 13.1. The summed E-state index contributed by atoms with van der Waals surface area (Å²) in [6.45, 7) is 5.05. The van der Waals surface area contributed by atoms with Crippen molar-refractivity contribution in [3.05, 3.63) is 29.3 Å². The number of nitrogens with one attached hydrogen (secondary N) is 1. The minimum atomic E-state index is -3.43. The molecule has 0 heterocycles. The van der Waals surface area contributed by atoms with Crippen molar-refractivity contribution in [3.63, 3.8) is 0 Å². The van der Waals surface area contributed by atoms with Gasteiger partial charge in [-0.25, -0.2) is 13.1 Å². The van der Waals surface area contributed by atoms with E-state index in [1.165, 1.54) is 6.42 Å². The maximum Gasteiger partial charge on any atom is 0.240 e. The molecule has 0 aromatic heterocycles. The smallest absolute Gasteiger partial charge is 0.240 e. The molecule has 0 atom stereocenters. The molecule has 112 valence electrons. The molecule has 5 heteroatoms. The first kappa shape index (κ1) is 15.5. The summed E-state index contributed by atoms with van der Waals surface area (Å²) in [7, 11) is -3.43. The van der Waals surface area contributed by atoms with Gasteiger partial charge in [0, 0.05) is 13.1 Å². The molecule has 0 radical (unpaired) electrons. The highest BCUT2D eigenvalue weighted by Crippen LogP contribution is 2.39. The molecule has 1 saturated carbocycles. The van der Waals surface area contributed by atoms with Crippen LogP contribution < -0.4 is 10.5 Å². The Morgan fingerprint density at radius 2 is 2.00 bits per heavy atom. The molecule has 0 aliphatic heterocycles. The van der Waals surface area contributed by atoms with E-state index in [0.29, 0.717) is 18.0 Å². The van der Waals surface area contributed by atoms with Crippen LogP contribution in [0.15, 0.2) is 23.1 Å². The lowest BCUT2D eigenvalue weighted by Crippen LogP contribution is -2.39. The summed E-state index contributed by atoms with van der Waals surface area (Å²) >= 11 is 0. The van der Waals surface area contributed by atoms with E-state index >= 15 is 0 Å². The van der Waals surface area contributed by atoms with Crippen molar-refractivity contribution in [3.8, 4) is 0 Å². The van der Waals surface area contributed by atoms with Crippen molar-refractivity contribution < 1.29 is 8.42 Å². The van der Waals surface area contributed by atoms with Crippen LogP contribution in [0.3, 0.4) is 0 Å². The molecule has 1 aliphatic carbocycles. The SMILES string of the molecule is CCc1ccc(S(=O)(=O)NCC2(C)CCC2)cc1CN. The largest absolute Gasteiger partial charge is 0.326 e. The van der Waals surface area contributed by atoms with Crippen molar-refractivity contribution in [1.29, 1.82) is 0 Å². The van der Waals surface area contributed by atoms with E-state index in [-0.39, 0.29) is 5.41 Å². The van der Waals surface area contributed by atoms with Gasteiger partial charge in [0.2, 0.25) is 10.0 Å². The van der Waals surface area contributed by atoms with Crippen LogP contribution in [0.25, 0.3) is 0 Å². The Kier molecular flexibility index (Phi) is 4.52. The molecule has 20 heavy (non-hydrogen) atoms. The molecule has 1 aromatic carbocycles. The summed E-state index contributed by atoms with van der Waals surface area (Å²) in [6.07, 6.45) is 4.25. The summed E-state index contributed by atoms with van der Waals surface area (Å²) in [5, 5.41) is 0. The molecule has 4 nitrogen and oxygen atoms in total. The first-order valence-electron chi connectivity index (χ1n) is 7.22. The van der Waals surface area contributed by atoms with E-state index in [9.17, 15) is 8.42 Å². The van der Waals surface area contributed by atoms with Gasteiger partial charge in [-0.15, -0.1) is 0 Å². The Balaban J connectivity index is 2.16. The molecule has 2 rings (SSSR count). The Labute approximate surface area is 121 Å². The Morgan fingerprint density at radius 1 is 1.30 bits per heavy atom. The fraction of sp³-hybridized carbons (Fsp3) is 0.600. The van der Waals surface area contributed by atoms with Crippen LogP contribution in [-0.4, -0.2) is 15.0 Å². The molecular formula is C15H24N2O2S. The molecule has 1 aliphatic rings. The molecular weight excluding hydrogens is 272 g/mol. The fourth-order valence-electron chi connectivity index (χ4n) is 2.61. The second-order valence-electron chi connectivity index (χ2n) is 5.98. The highest BCUT2D eigenvalue weighted by Gasteiger charge is 2.33. The van der Waals surface area contributed by atoms with Gasteiger partial charge in [0.15, 0.2) is 0 Å². The van der Waals surface area contributed by atoms with Crippen molar-refractivity contribution >= 4 is 10.0 Å². The van der Waals surface area contributed by atoms with Gasteiger partial charge >= 0.3 is 0 Å². The summed E-state index contributed by atoms with van der Waals surface area (Å²) in [5.41, 5.74) is 7.85. The van der Waals surface area contributed by atoms with E-state index in [4.69, 9.17) is 5.73 Å². The van der Waals surface area contributed by atoms with Gasteiger partial charge in [0.1, 0.15) is 0 Å². The quantitative estimate of drug-likeness (QED) is 0.845. The lowest BCUT2D eigenvalue weighted by Gasteiger charge is -2.38. The van der Waals surface area contributed by atoms with Crippen LogP contribution in [0.1, 0.15) is 44.2 Å². The van der Waals surface area contributed by atoms with Crippen molar-refractivity contribution in [1.82, 2.24) is 4.72 Å². The second kappa shape index (κ2) is 5.84. The topological polar surface area (TPSA) is 72.2 Å². The third-order valence-corrected chi connectivity index (χ3v) is 5.74. The zero-order chi connectivity index (χ0) is 14.8. The molecule has 0 saturated heterocycles. The van der Waals surface area contributed by atoms with Crippen molar-refractivity contribution in [2.75, 3.05) is 6.54 Å². The molecule has 1 fully saturated rings. The van der Waals surface area contributed by atoms with E-state index in [2.05, 4.69) is 11.6 Å². The van der Waals surface area contributed by atoms with Crippen LogP contribution in [-0.2, 0) is 23.0 Å². The van der Waals surface area contributed by atoms with Crippen molar-refractivity contribution in [2.45, 2.75) is 51.0 Å². The van der Waals surface area contributed by atoms with Gasteiger partial charge in [-0.2, -0.15) is 0 Å². The van der Waals surface area contributed by atoms with Crippen LogP contribution in [0, 0.1) is 5.41 Å². The zero-order valence-electron chi connectivity index (χ0n) is 12.3. The highest BCUT2D eigenvalue weighted by molar-refractivity contribution is 7.89. The summed E-state index contributed by atoms with van der Waals surface area (Å²) in [5.74, 6) is 0. The van der Waals surface area contributed by atoms with Gasteiger partial charge in [0.05, 0.1) is 4.90 Å². The maximum atomic E-state index is 12.3. The molecule has 0 unspecified atom stereocenters. The van der Waals surface area contributed by atoms with Gasteiger partial charge in [-0.05, 0) is 47.9 Å². The van der Waals surface area contributed by atoms with E-state index < -0.39 is 10.0 Å². The average Bonchev–Trinajstić information content (AvgIpc) is 2.42. The Hall–Kier alpha value is -0.910. The molecule has 0 amide bonds. The van der Waals surface area contributed by atoms with Gasteiger partial charge in [0.25, 0.3) is 0 Å². The van der Waals surface area contributed by atoms with Gasteiger partial charge in [-0.1, -0.05) is 26.3 Å². The number of hydrogen-bond donors (Lipinski definition) is 2. The number of nitrogens with two attached hydrogens (primary N) is 1. The molecule has 0 bridgehead atoms. The predicted molar refractivity (Wildman–Crippen MR) is 80.9 cm³/mol. The minimum absolute atomic E-state index is 0.132. The lowest BCUT2D eigenvalue weighted by atomic mass is 9.71. The summed E-state index contributed by atoms with van der Waals surface area (Å²) in [6, 6.07) is 5.23. The molecule has 0 spiro atoms. The molecule has 3 N–H and O–H groups in total. The van der Waals surface area contributed by atoms with Gasteiger partial charge in [-0.3, -0.25) is 0 Å². The maximum absolute atomic E-state index is 12.3. The standard InChI is InChI=1S/C15H24N2O2S/c1-3-12-5-6-14(9-13(12)10-16)20(18,19)17-11-15(2)7-4-8-15/h5-6,9,17H,3-4,7-8,10-11,16H2,1-2H3. The normalized spacial score (nSPS) is 17.8. The third kappa shape index (κ3) is 3.22. The van der Waals surface area contributed by atoms with Crippen LogP contribution in [0.4, 0.5) is 0 Å². The van der Waals surface area contributed by atoms with E-state index in [0.717, 1.165) is 30.4 Å². The van der Waals surface area contributed by atoms with Gasteiger partial charge < -0.3 is 5.73 Å². The minimum Gasteiger partial charge on any atom is -0.326 e. The Morgan fingerprint density at radius 3 is 2.50 bits per heavy atom.